The van der Waals surface area contributed by atoms with Crippen LogP contribution in [-0.2, 0) is 22.3 Å². The summed E-state index contributed by atoms with van der Waals surface area (Å²) in [5.74, 6) is -1.01. The van der Waals surface area contributed by atoms with Crippen LogP contribution in [0.5, 0.6) is 0 Å². The number of hydrogen-bond acceptors (Lipinski definition) is 4. The Balaban J connectivity index is 1.50. The Morgan fingerprint density at radius 3 is 2.18 bits per heavy atom. The van der Waals surface area contributed by atoms with Crippen LogP contribution < -0.4 is 5.32 Å². The summed E-state index contributed by atoms with van der Waals surface area (Å²) in [6.45, 7) is -0.676. The van der Waals surface area contributed by atoms with Gasteiger partial charge in [-0.05, 0) is 36.8 Å². The van der Waals surface area contributed by atoms with Gasteiger partial charge in [0.2, 0.25) is 5.91 Å². The average Bonchev–Trinajstić information content (AvgIpc) is 3.41. The molecule has 1 spiro atoms. The van der Waals surface area contributed by atoms with Gasteiger partial charge in [-0.1, -0.05) is 6.07 Å². The number of likely N-dealkylation sites (tertiary alicyclic amines) is 1. The van der Waals surface area contributed by atoms with Gasteiger partial charge in [0.15, 0.2) is 0 Å². The number of hydrogen-bond donors (Lipinski definition) is 1. The number of rotatable bonds is 4. The molecule has 1 N–H and O–H groups in total. The first kappa shape index (κ1) is 25.9. The molecule has 1 saturated carbocycles. The molecule has 2 aliphatic rings. The summed E-state index contributed by atoms with van der Waals surface area (Å²) >= 11 is 0. The molecule has 1 aromatic heterocycles. The zero-order chi connectivity index (χ0) is 25.5. The maximum Gasteiger partial charge on any atom is 0.434 e. The van der Waals surface area contributed by atoms with E-state index in [0.29, 0.717) is 6.42 Å². The highest BCUT2D eigenvalue weighted by Gasteiger charge is 2.61. The molecule has 1 aliphatic carbocycles. The van der Waals surface area contributed by atoms with Crippen molar-refractivity contribution in [1.29, 1.82) is 0 Å². The van der Waals surface area contributed by atoms with Crippen LogP contribution >= 0.6 is 0 Å². The van der Waals surface area contributed by atoms with Gasteiger partial charge in [-0.15, -0.1) is 0 Å². The molecule has 2 heterocycles. The van der Waals surface area contributed by atoms with Gasteiger partial charge in [-0.25, -0.2) is 9.78 Å². The quantitative estimate of drug-likeness (QED) is 0.612. The summed E-state index contributed by atoms with van der Waals surface area (Å²) in [6, 6.07) is 3.23. The van der Waals surface area contributed by atoms with Crippen molar-refractivity contribution in [1.82, 2.24) is 15.2 Å². The van der Waals surface area contributed by atoms with E-state index in [0.717, 1.165) is 17.0 Å². The van der Waals surface area contributed by atoms with E-state index in [9.17, 15) is 49.1 Å². The fraction of sp³-hybridized carbons (Fsp3) is 0.632. The number of carbonyl (C=O) groups is 2. The van der Waals surface area contributed by atoms with E-state index in [1.54, 1.807) is 0 Å². The summed E-state index contributed by atoms with van der Waals surface area (Å²) in [4.78, 5) is 28.4. The van der Waals surface area contributed by atoms with E-state index < -0.39 is 53.7 Å². The van der Waals surface area contributed by atoms with Gasteiger partial charge >= 0.3 is 24.6 Å². The molecular weight excluding hydrogens is 489 g/mol. The Morgan fingerprint density at radius 1 is 1.06 bits per heavy atom. The van der Waals surface area contributed by atoms with Crippen LogP contribution in [0.25, 0.3) is 0 Å². The molecule has 1 saturated heterocycles. The number of aromatic nitrogens is 1. The first-order valence-corrected chi connectivity index (χ1v) is 9.93. The molecule has 1 atom stereocenters. The molecule has 2 fully saturated rings. The topological polar surface area (TPSA) is 71.5 Å². The van der Waals surface area contributed by atoms with Crippen molar-refractivity contribution in [2.75, 3.05) is 13.1 Å². The van der Waals surface area contributed by atoms with E-state index in [1.807, 2.05) is 0 Å². The molecule has 6 nitrogen and oxygen atoms in total. The highest BCUT2D eigenvalue weighted by Crippen LogP contribution is 2.59. The van der Waals surface area contributed by atoms with E-state index >= 15 is 0 Å². The van der Waals surface area contributed by atoms with Gasteiger partial charge in [-0.2, -0.15) is 39.5 Å². The molecule has 1 aliphatic heterocycles. The number of halogens is 9. The van der Waals surface area contributed by atoms with Gasteiger partial charge in [-0.3, -0.25) is 4.79 Å². The third-order valence-corrected chi connectivity index (χ3v) is 5.88. The van der Waals surface area contributed by atoms with Crippen molar-refractivity contribution >= 4 is 12.0 Å². The molecule has 0 aromatic carbocycles. The SMILES string of the molecule is O=C(NCc1cccc(C(F)(F)F)n1)[C@@H]1CC12CCN(C(=O)OC(C(F)(F)F)C(F)(F)F)CC2. The third kappa shape index (κ3) is 5.84. The molecule has 15 heteroatoms. The Labute approximate surface area is 186 Å². The minimum absolute atomic E-state index is 0.0145. The first-order chi connectivity index (χ1) is 15.5. The lowest BCUT2D eigenvalue weighted by atomic mass is 9.91. The number of pyridine rings is 1. The van der Waals surface area contributed by atoms with E-state index in [1.165, 1.54) is 6.07 Å². The van der Waals surface area contributed by atoms with Crippen LogP contribution in [0.15, 0.2) is 18.2 Å². The summed E-state index contributed by atoms with van der Waals surface area (Å²) in [7, 11) is 0. The van der Waals surface area contributed by atoms with Crippen molar-refractivity contribution in [2.45, 2.75) is 50.4 Å². The van der Waals surface area contributed by atoms with Crippen LogP contribution in [0.1, 0.15) is 30.7 Å². The molecule has 34 heavy (non-hydrogen) atoms. The number of alkyl halides is 9. The molecule has 0 unspecified atom stereocenters. The Bertz CT molecular complexity index is 908. The van der Waals surface area contributed by atoms with Crippen LogP contribution in [0.2, 0.25) is 0 Å². The predicted octanol–water partition coefficient (Wildman–Crippen LogP) is 4.45. The van der Waals surface area contributed by atoms with E-state index in [2.05, 4.69) is 15.0 Å². The lowest BCUT2D eigenvalue weighted by Gasteiger charge is -2.33. The third-order valence-electron chi connectivity index (χ3n) is 5.88. The van der Waals surface area contributed by atoms with Gasteiger partial charge in [0, 0.05) is 19.0 Å². The lowest BCUT2D eigenvalue weighted by Crippen LogP contribution is -2.49. The summed E-state index contributed by atoms with van der Waals surface area (Å²) < 4.78 is 117. The van der Waals surface area contributed by atoms with E-state index in [-0.39, 0.29) is 38.2 Å². The first-order valence-electron chi connectivity index (χ1n) is 9.93. The zero-order valence-electron chi connectivity index (χ0n) is 17.2. The number of ether oxygens (including phenoxy) is 1. The number of nitrogens with one attached hydrogen (secondary N) is 1. The second-order valence-electron chi connectivity index (χ2n) is 8.18. The highest BCUT2D eigenvalue weighted by atomic mass is 19.4. The van der Waals surface area contributed by atoms with Gasteiger partial charge in [0.05, 0.1) is 12.2 Å². The Kier molecular flexibility index (Phi) is 6.70. The minimum atomic E-state index is -5.82. The normalized spacial score (nSPS) is 20.4. The standard InChI is InChI=1S/C19H18F9N3O3/c20-17(21,22)12-3-1-2-10(30-12)9-29-13(32)11-8-16(11)4-6-31(7-5-16)15(33)34-14(18(23,24)25)19(26,27)28/h1-3,11,14H,4-9H2,(H,29,32)/t11-/m0/s1. The largest absolute Gasteiger partial charge is 0.434 e. The lowest BCUT2D eigenvalue weighted by molar-refractivity contribution is -0.308. The second-order valence-corrected chi connectivity index (χ2v) is 8.18. The van der Waals surface area contributed by atoms with Gasteiger partial charge in [0.1, 0.15) is 5.69 Å². The number of nitrogens with zero attached hydrogens (tertiary/aromatic N) is 2. The highest BCUT2D eigenvalue weighted by molar-refractivity contribution is 5.82. The summed E-state index contributed by atoms with van der Waals surface area (Å²) in [5.41, 5.74) is -1.71. The summed E-state index contributed by atoms with van der Waals surface area (Å²) in [6.07, 6.45) is -21.6. The maximum atomic E-state index is 12.7. The van der Waals surface area contributed by atoms with Crippen molar-refractivity contribution in [3.05, 3.63) is 29.6 Å². The smallest absolute Gasteiger partial charge is 0.426 e. The monoisotopic (exact) mass is 507 g/mol. The molecule has 0 radical (unpaired) electrons. The van der Waals surface area contributed by atoms with Crippen molar-refractivity contribution in [2.24, 2.45) is 11.3 Å². The van der Waals surface area contributed by atoms with Crippen molar-refractivity contribution in [3.8, 4) is 0 Å². The molecule has 0 bridgehead atoms. The predicted molar refractivity (Wildman–Crippen MR) is 94.8 cm³/mol. The fourth-order valence-electron chi connectivity index (χ4n) is 3.94. The van der Waals surface area contributed by atoms with Crippen molar-refractivity contribution in [3.63, 3.8) is 0 Å². The molecule has 190 valence electrons. The summed E-state index contributed by atoms with van der Waals surface area (Å²) in [5, 5.41) is 2.48. The van der Waals surface area contributed by atoms with Crippen LogP contribution in [0.4, 0.5) is 44.3 Å². The second kappa shape index (κ2) is 8.80. The average molecular weight is 507 g/mol. The van der Waals surface area contributed by atoms with Gasteiger partial charge < -0.3 is 15.0 Å². The van der Waals surface area contributed by atoms with E-state index in [4.69, 9.17) is 0 Å². The minimum Gasteiger partial charge on any atom is -0.426 e. The number of carbonyl (C=O) groups excluding carboxylic acids is 2. The molecule has 2 amide bonds. The van der Waals surface area contributed by atoms with Crippen molar-refractivity contribution < 1.29 is 53.8 Å². The maximum absolute atomic E-state index is 12.7. The number of piperidine rings is 1. The fourth-order valence-corrected chi connectivity index (χ4v) is 3.94. The van der Waals surface area contributed by atoms with Gasteiger partial charge in [0.25, 0.3) is 6.10 Å². The Hall–Kier alpha value is -2.74. The van der Waals surface area contributed by atoms with Crippen LogP contribution in [0, 0.1) is 11.3 Å². The van der Waals surface area contributed by atoms with Crippen LogP contribution in [0.3, 0.4) is 0 Å². The molecule has 3 rings (SSSR count). The molecular formula is C19H18F9N3O3. The zero-order valence-corrected chi connectivity index (χ0v) is 17.2. The number of amides is 2. The molecule has 1 aromatic rings. The Morgan fingerprint density at radius 2 is 1.65 bits per heavy atom. The van der Waals surface area contributed by atoms with Crippen LogP contribution in [-0.4, -0.2) is 53.4 Å².